The minimum Gasteiger partial charge on any atom is -0.480 e. The maximum atomic E-state index is 11.0. The van der Waals surface area contributed by atoms with E-state index in [1.165, 1.54) is 7.11 Å². The molecule has 0 aromatic heterocycles. The fourth-order valence-electron chi connectivity index (χ4n) is 1.10. The fourth-order valence-corrected chi connectivity index (χ4v) is 1.10. The summed E-state index contributed by atoms with van der Waals surface area (Å²) >= 11 is 0. The van der Waals surface area contributed by atoms with Crippen LogP contribution in [0.5, 0.6) is 0 Å². The Morgan fingerprint density at radius 3 is 2.22 bits per heavy atom. The lowest BCUT2D eigenvalue weighted by molar-refractivity contribution is -0.142. The van der Waals surface area contributed by atoms with Crippen molar-refractivity contribution < 1.29 is 19.4 Å². The predicted molar refractivity (Wildman–Crippen MR) is 66.8 cm³/mol. The van der Waals surface area contributed by atoms with Gasteiger partial charge in [0.05, 0.1) is 13.7 Å². The molecule has 1 aromatic carbocycles. The molecule has 1 aromatic rings. The Balaban J connectivity index is 0.000000494. The number of carboxylic acids is 1. The van der Waals surface area contributed by atoms with E-state index in [1.807, 2.05) is 30.3 Å². The van der Waals surface area contributed by atoms with Crippen molar-refractivity contribution in [3.63, 3.8) is 0 Å². The van der Waals surface area contributed by atoms with Crippen molar-refractivity contribution in [3.8, 4) is 0 Å². The molecular weight excluding hydrogens is 236 g/mol. The molecule has 0 heterocycles. The largest absolute Gasteiger partial charge is 0.480 e. The van der Waals surface area contributed by atoms with E-state index in [-0.39, 0.29) is 12.5 Å². The third kappa shape index (κ3) is 7.37. The van der Waals surface area contributed by atoms with E-state index in [2.05, 4.69) is 10.5 Å². The van der Waals surface area contributed by atoms with E-state index in [0.29, 0.717) is 6.42 Å². The Bertz CT molecular complexity index is 368. The van der Waals surface area contributed by atoms with Gasteiger partial charge in [0.1, 0.15) is 6.04 Å². The van der Waals surface area contributed by atoms with Crippen molar-refractivity contribution in [2.24, 2.45) is 11.5 Å². The van der Waals surface area contributed by atoms with Crippen LogP contribution in [0.2, 0.25) is 0 Å². The van der Waals surface area contributed by atoms with Gasteiger partial charge in [0.2, 0.25) is 0 Å². The van der Waals surface area contributed by atoms with Gasteiger partial charge in [-0.3, -0.25) is 9.59 Å². The maximum absolute atomic E-state index is 11.0. The minimum absolute atomic E-state index is 0.278. The number of esters is 1. The maximum Gasteiger partial charge on any atom is 0.322 e. The van der Waals surface area contributed by atoms with Gasteiger partial charge < -0.3 is 21.3 Å². The number of hydrogen-bond acceptors (Lipinski definition) is 5. The smallest absolute Gasteiger partial charge is 0.322 e. The number of ether oxygens (including phenoxy) is 1. The first kappa shape index (κ1) is 16.1. The zero-order valence-electron chi connectivity index (χ0n) is 10.2. The molecule has 0 aliphatic carbocycles. The van der Waals surface area contributed by atoms with Gasteiger partial charge in [-0.05, 0) is 12.0 Å². The van der Waals surface area contributed by atoms with E-state index >= 15 is 0 Å². The first-order chi connectivity index (χ1) is 8.51. The van der Waals surface area contributed by atoms with Gasteiger partial charge in [-0.1, -0.05) is 30.3 Å². The third-order valence-corrected chi connectivity index (χ3v) is 1.98. The molecule has 0 aliphatic heterocycles. The number of aliphatic carboxylic acids is 1. The summed E-state index contributed by atoms with van der Waals surface area (Å²) in [5.41, 5.74) is 11.2. The van der Waals surface area contributed by atoms with Crippen molar-refractivity contribution in [1.29, 1.82) is 0 Å². The Morgan fingerprint density at radius 1 is 1.33 bits per heavy atom. The molecule has 1 atom stereocenters. The van der Waals surface area contributed by atoms with Gasteiger partial charge in [-0.2, -0.15) is 0 Å². The van der Waals surface area contributed by atoms with E-state index in [4.69, 9.17) is 10.8 Å². The van der Waals surface area contributed by atoms with Crippen molar-refractivity contribution in [2.45, 2.75) is 12.5 Å². The molecule has 0 bridgehead atoms. The molecule has 0 fully saturated rings. The molecule has 0 saturated heterocycles. The number of carbonyl (C=O) groups excluding carboxylic acids is 1. The van der Waals surface area contributed by atoms with Crippen molar-refractivity contribution in [2.75, 3.05) is 13.7 Å². The standard InChI is InChI=1S/C10H13NO2.C2H5NO2/c1-13-10(12)9(11)7-8-5-3-2-4-6-8;3-1-2(4)5/h2-6,9H,7,11H2,1H3;1,3H2,(H,4,5)/t9-;/m0./s1. The van der Waals surface area contributed by atoms with Crippen LogP contribution in [0.1, 0.15) is 5.56 Å². The zero-order chi connectivity index (χ0) is 14.0. The van der Waals surface area contributed by atoms with Crippen LogP contribution in [0.4, 0.5) is 0 Å². The van der Waals surface area contributed by atoms with Crippen LogP contribution in [0.15, 0.2) is 30.3 Å². The quantitative estimate of drug-likeness (QED) is 0.638. The topological polar surface area (TPSA) is 116 Å². The number of nitrogens with two attached hydrogens (primary N) is 2. The van der Waals surface area contributed by atoms with Gasteiger partial charge in [-0.25, -0.2) is 0 Å². The highest BCUT2D eigenvalue weighted by Gasteiger charge is 2.13. The summed E-state index contributed by atoms with van der Waals surface area (Å²) < 4.78 is 4.52. The van der Waals surface area contributed by atoms with Crippen molar-refractivity contribution in [1.82, 2.24) is 0 Å². The van der Waals surface area contributed by atoms with E-state index < -0.39 is 12.0 Å². The van der Waals surface area contributed by atoms with Crippen LogP contribution in [-0.4, -0.2) is 36.7 Å². The highest BCUT2D eigenvalue weighted by Crippen LogP contribution is 2.02. The van der Waals surface area contributed by atoms with Crippen molar-refractivity contribution in [3.05, 3.63) is 35.9 Å². The van der Waals surface area contributed by atoms with Gasteiger partial charge in [0.15, 0.2) is 0 Å². The predicted octanol–water partition coefficient (Wildman–Crippen LogP) is -0.241. The zero-order valence-corrected chi connectivity index (χ0v) is 10.2. The lowest BCUT2D eigenvalue weighted by Gasteiger charge is -2.08. The summed E-state index contributed by atoms with van der Waals surface area (Å²) in [4.78, 5) is 20.2. The summed E-state index contributed by atoms with van der Waals surface area (Å²) in [5.74, 6) is -1.34. The second-order valence-electron chi connectivity index (χ2n) is 3.42. The van der Waals surface area contributed by atoms with E-state index in [9.17, 15) is 9.59 Å². The van der Waals surface area contributed by atoms with Gasteiger partial charge in [0.25, 0.3) is 0 Å². The van der Waals surface area contributed by atoms with Crippen molar-refractivity contribution >= 4 is 11.9 Å². The van der Waals surface area contributed by atoms with Gasteiger partial charge in [-0.15, -0.1) is 0 Å². The SMILES string of the molecule is COC(=O)[C@@H](N)Cc1ccccc1.NCC(=O)O. The molecule has 0 aliphatic rings. The van der Waals surface area contributed by atoms with E-state index in [1.54, 1.807) is 0 Å². The number of benzene rings is 1. The summed E-state index contributed by atoms with van der Waals surface area (Å²) in [6.07, 6.45) is 0.521. The van der Waals surface area contributed by atoms with Crippen LogP contribution in [-0.2, 0) is 20.7 Å². The second-order valence-corrected chi connectivity index (χ2v) is 3.42. The third-order valence-electron chi connectivity index (χ3n) is 1.98. The summed E-state index contributed by atoms with van der Waals surface area (Å²) in [5, 5.41) is 7.60. The van der Waals surface area contributed by atoms with Crippen LogP contribution >= 0.6 is 0 Å². The molecule has 6 nitrogen and oxygen atoms in total. The number of hydrogen-bond donors (Lipinski definition) is 3. The fraction of sp³-hybridized carbons (Fsp3) is 0.333. The summed E-state index contributed by atoms with van der Waals surface area (Å²) in [6, 6.07) is 9.06. The first-order valence-corrected chi connectivity index (χ1v) is 5.30. The van der Waals surface area contributed by atoms with Gasteiger partial charge >= 0.3 is 11.9 Å². The molecule has 0 spiro atoms. The summed E-state index contributed by atoms with van der Waals surface area (Å²) in [7, 11) is 1.34. The Labute approximate surface area is 106 Å². The average molecular weight is 254 g/mol. The molecule has 5 N–H and O–H groups in total. The Morgan fingerprint density at radius 2 is 1.83 bits per heavy atom. The Hall–Kier alpha value is -1.92. The molecule has 1 rings (SSSR count). The highest BCUT2D eigenvalue weighted by atomic mass is 16.5. The molecule has 6 heteroatoms. The van der Waals surface area contributed by atoms with Gasteiger partial charge in [0, 0.05) is 0 Å². The summed E-state index contributed by atoms with van der Waals surface area (Å²) in [6.45, 7) is -0.278. The monoisotopic (exact) mass is 254 g/mol. The molecule has 100 valence electrons. The second kappa shape index (κ2) is 9.15. The number of rotatable bonds is 4. The normalized spacial score (nSPS) is 10.8. The number of methoxy groups -OCH3 is 1. The van der Waals surface area contributed by atoms with Crippen LogP contribution in [0, 0.1) is 0 Å². The van der Waals surface area contributed by atoms with E-state index in [0.717, 1.165) is 5.56 Å². The molecular formula is C12H18N2O4. The Kier molecular flexibility index (Phi) is 8.17. The number of carbonyl (C=O) groups is 2. The molecule has 0 unspecified atom stereocenters. The van der Waals surface area contributed by atoms with Crippen LogP contribution < -0.4 is 11.5 Å². The molecule has 0 amide bonds. The van der Waals surface area contributed by atoms with Crippen LogP contribution in [0.25, 0.3) is 0 Å². The van der Waals surface area contributed by atoms with Crippen LogP contribution in [0.3, 0.4) is 0 Å². The average Bonchev–Trinajstić information content (AvgIpc) is 2.39. The molecule has 0 radical (unpaired) electrons. The minimum atomic E-state index is -0.968. The molecule has 0 saturated carbocycles. The lowest BCUT2D eigenvalue weighted by atomic mass is 10.1. The lowest BCUT2D eigenvalue weighted by Crippen LogP contribution is -2.33. The number of carboxylic acid groups (broad SMARTS) is 1. The highest BCUT2D eigenvalue weighted by molar-refractivity contribution is 5.75. The first-order valence-electron chi connectivity index (χ1n) is 5.30. The molecule has 18 heavy (non-hydrogen) atoms.